The summed E-state index contributed by atoms with van der Waals surface area (Å²) >= 11 is 0. The minimum Gasteiger partial charge on any atom is -0.478 e. The van der Waals surface area contributed by atoms with Gasteiger partial charge < -0.3 is 9.67 Å². The first-order chi connectivity index (χ1) is 17.1. The molecule has 0 fully saturated rings. The Hall–Kier alpha value is -4.07. The molecular formula is C27H28N6O2. The monoisotopic (exact) mass is 468 g/mol. The molecule has 2 aromatic heterocycles. The quantitative estimate of drug-likeness (QED) is 0.294. The number of hydrogen-bond donors (Lipinski definition) is 2. The van der Waals surface area contributed by atoms with Crippen molar-refractivity contribution in [3.05, 3.63) is 77.4 Å². The minimum atomic E-state index is -0.906. The minimum absolute atomic E-state index is 0.639. The fourth-order valence-electron chi connectivity index (χ4n) is 4.85. The zero-order valence-electron chi connectivity index (χ0n) is 19.7. The van der Waals surface area contributed by atoms with Crippen LogP contribution in [0.4, 0.5) is 0 Å². The second-order valence-electron chi connectivity index (χ2n) is 8.87. The van der Waals surface area contributed by atoms with Crippen molar-refractivity contribution >= 4 is 11.5 Å². The maximum absolute atomic E-state index is 11.4. The number of carboxylic acid groups (broad SMARTS) is 1. The van der Waals surface area contributed by atoms with Gasteiger partial charge in [0.2, 0.25) is 0 Å². The number of nitrogens with one attached hydrogen (secondary N) is 1. The van der Waals surface area contributed by atoms with Crippen LogP contribution in [0, 0.1) is 0 Å². The topological polar surface area (TPSA) is 110 Å². The summed E-state index contributed by atoms with van der Waals surface area (Å²) < 4.78 is 2.31. The number of allylic oxidation sites excluding steroid dienone is 1. The van der Waals surface area contributed by atoms with Crippen LogP contribution in [0.15, 0.2) is 54.6 Å². The maximum Gasteiger partial charge on any atom is 0.328 e. The Morgan fingerprint density at radius 1 is 1.09 bits per heavy atom. The molecule has 0 atom stereocenters. The van der Waals surface area contributed by atoms with Crippen molar-refractivity contribution in [1.82, 2.24) is 30.2 Å². The van der Waals surface area contributed by atoms with Crippen molar-refractivity contribution in [3.63, 3.8) is 0 Å². The van der Waals surface area contributed by atoms with Crippen molar-refractivity contribution < 1.29 is 9.90 Å². The Bertz CT molecular complexity index is 1350. The number of nitrogens with zero attached hydrogens (tertiary/aromatic N) is 5. The van der Waals surface area contributed by atoms with Gasteiger partial charge in [-0.1, -0.05) is 55.5 Å². The lowest BCUT2D eigenvalue weighted by Gasteiger charge is -2.13. The molecule has 5 rings (SSSR count). The van der Waals surface area contributed by atoms with Gasteiger partial charge in [0.05, 0.1) is 5.69 Å². The number of benzene rings is 2. The number of aryl methyl sites for hydroxylation is 1. The van der Waals surface area contributed by atoms with Crippen LogP contribution >= 0.6 is 0 Å². The highest BCUT2D eigenvalue weighted by Gasteiger charge is 2.22. The number of aromatic nitrogens is 6. The average molecular weight is 469 g/mol. The summed E-state index contributed by atoms with van der Waals surface area (Å²) in [5, 5.41) is 23.7. The summed E-state index contributed by atoms with van der Waals surface area (Å²) in [4.78, 5) is 16.4. The van der Waals surface area contributed by atoms with Gasteiger partial charge in [-0.3, -0.25) is 0 Å². The molecule has 0 aliphatic heterocycles. The smallest absolute Gasteiger partial charge is 0.328 e. The zero-order chi connectivity index (χ0) is 24.2. The second-order valence-corrected chi connectivity index (χ2v) is 8.87. The van der Waals surface area contributed by atoms with E-state index in [4.69, 9.17) is 4.98 Å². The van der Waals surface area contributed by atoms with Gasteiger partial charge in [-0.2, -0.15) is 0 Å². The fraction of sp³-hybridized carbons (Fsp3) is 0.296. The SMILES string of the molecule is CCCc1nc2c(n1Cc1ccc(-c3ccccc3-c3nnn[nH]3)cc1)CCCCC2=CC(=O)O. The van der Waals surface area contributed by atoms with E-state index in [1.807, 2.05) is 18.2 Å². The molecule has 8 nitrogen and oxygen atoms in total. The van der Waals surface area contributed by atoms with E-state index in [1.54, 1.807) is 0 Å². The largest absolute Gasteiger partial charge is 0.478 e. The van der Waals surface area contributed by atoms with Crippen molar-refractivity contribution in [2.75, 3.05) is 0 Å². The van der Waals surface area contributed by atoms with Crippen LogP contribution in [-0.2, 0) is 24.2 Å². The highest BCUT2D eigenvalue weighted by Crippen LogP contribution is 2.32. The third kappa shape index (κ3) is 4.77. The van der Waals surface area contributed by atoms with E-state index >= 15 is 0 Å². The second kappa shape index (κ2) is 10.0. The van der Waals surface area contributed by atoms with Crippen LogP contribution in [0.2, 0.25) is 0 Å². The first-order valence-corrected chi connectivity index (χ1v) is 12.1. The van der Waals surface area contributed by atoms with Gasteiger partial charge in [-0.25, -0.2) is 14.9 Å². The molecule has 0 saturated carbocycles. The van der Waals surface area contributed by atoms with Gasteiger partial charge in [-0.05, 0) is 64.8 Å². The molecule has 0 unspecified atom stereocenters. The van der Waals surface area contributed by atoms with E-state index in [1.165, 1.54) is 11.6 Å². The molecule has 178 valence electrons. The first-order valence-electron chi connectivity index (χ1n) is 12.1. The number of aliphatic carboxylic acids is 1. The lowest BCUT2D eigenvalue weighted by Crippen LogP contribution is -2.09. The molecule has 1 aliphatic rings. The van der Waals surface area contributed by atoms with Gasteiger partial charge in [0.15, 0.2) is 5.82 Å². The third-order valence-electron chi connectivity index (χ3n) is 6.47. The van der Waals surface area contributed by atoms with Gasteiger partial charge in [-0.15, -0.1) is 5.10 Å². The number of imidazole rings is 1. The molecule has 8 heteroatoms. The highest BCUT2D eigenvalue weighted by atomic mass is 16.4. The number of H-pyrrole nitrogens is 1. The van der Waals surface area contributed by atoms with Crippen LogP contribution in [0.3, 0.4) is 0 Å². The molecule has 0 spiro atoms. The molecule has 2 aromatic carbocycles. The molecule has 1 aliphatic carbocycles. The number of tetrazole rings is 1. The molecule has 35 heavy (non-hydrogen) atoms. The highest BCUT2D eigenvalue weighted by molar-refractivity contribution is 5.90. The van der Waals surface area contributed by atoms with Crippen LogP contribution < -0.4 is 0 Å². The normalized spacial score (nSPS) is 14.6. The molecular weight excluding hydrogens is 440 g/mol. The van der Waals surface area contributed by atoms with E-state index in [-0.39, 0.29) is 0 Å². The number of aromatic amines is 1. The van der Waals surface area contributed by atoms with E-state index in [2.05, 4.69) is 62.4 Å². The number of carboxylic acids is 1. The van der Waals surface area contributed by atoms with Gasteiger partial charge in [0.25, 0.3) is 0 Å². The molecule has 2 N–H and O–H groups in total. The van der Waals surface area contributed by atoms with Crippen LogP contribution in [0.1, 0.15) is 55.4 Å². The van der Waals surface area contributed by atoms with E-state index in [9.17, 15) is 9.90 Å². The number of rotatable bonds is 7. The molecule has 0 radical (unpaired) electrons. The molecule has 0 bridgehead atoms. The number of carbonyl (C=O) groups is 1. The van der Waals surface area contributed by atoms with Crippen LogP contribution in [0.25, 0.3) is 28.1 Å². The Morgan fingerprint density at radius 3 is 2.57 bits per heavy atom. The number of fused-ring (bicyclic) bond motifs is 1. The summed E-state index contributed by atoms with van der Waals surface area (Å²) in [6, 6.07) is 16.6. The Morgan fingerprint density at radius 2 is 1.86 bits per heavy atom. The average Bonchev–Trinajstić information content (AvgIpc) is 3.46. The molecule has 4 aromatic rings. The Kier molecular flexibility index (Phi) is 6.52. The van der Waals surface area contributed by atoms with E-state index < -0.39 is 5.97 Å². The van der Waals surface area contributed by atoms with E-state index in [0.717, 1.165) is 78.0 Å². The maximum atomic E-state index is 11.4. The predicted octanol–water partition coefficient (Wildman–Crippen LogP) is 4.93. The van der Waals surface area contributed by atoms with Crippen LogP contribution in [-0.4, -0.2) is 41.3 Å². The summed E-state index contributed by atoms with van der Waals surface area (Å²) in [5.74, 6) is 0.763. The lowest BCUT2D eigenvalue weighted by atomic mass is 9.98. The molecule has 0 amide bonds. The summed E-state index contributed by atoms with van der Waals surface area (Å²) in [5.41, 5.74) is 7.15. The van der Waals surface area contributed by atoms with E-state index in [0.29, 0.717) is 12.4 Å². The predicted molar refractivity (Wildman–Crippen MR) is 134 cm³/mol. The fourth-order valence-corrected chi connectivity index (χ4v) is 4.85. The summed E-state index contributed by atoms with van der Waals surface area (Å²) in [7, 11) is 0. The molecule has 2 heterocycles. The van der Waals surface area contributed by atoms with Gasteiger partial charge in [0, 0.05) is 30.3 Å². The van der Waals surface area contributed by atoms with Crippen LogP contribution in [0.5, 0.6) is 0 Å². The third-order valence-corrected chi connectivity index (χ3v) is 6.47. The zero-order valence-corrected chi connectivity index (χ0v) is 19.7. The summed E-state index contributed by atoms with van der Waals surface area (Å²) in [6.45, 7) is 2.86. The first kappa shape index (κ1) is 22.7. The van der Waals surface area contributed by atoms with Gasteiger partial charge >= 0.3 is 5.97 Å². The van der Waals surface area contributed by atoms with Crippen molar-refractivity contribution in [1.29, 1.82) is 0 Å². The Balaban J connectivity index is 1.48. The standard InChI is InChI=1S/C27H28N6O2/c1-2-7-24-28-26-20(16-25(34)35)8-3-6-11-23(26)33(24)17-18-12-14-19(15-13-18)21-9-4-5-10-22(21)27-29-31-32-30-27/h4-5,9-10,12-16H,2-3,6-8,11,17H2,1H3,(H,34,35)(H,29,30,31,32). The molecule has 0 saturated heterocycles. The van der Waals surface area contributed by atoms with Crippen molar-refractivity contribution in [3.8, 4) is 22.5 Å². The Labute approximate surface area is 203 Å². The summed E-state index contributed by atoms with van der Waals surface area (Å²) in [6.07, 6.45) is 6.88. The van der Waals surface area contributed by atoms with Crippen molar-refractivity contribution in [2.24, 2.45) is 0 Å². The van der Waals surface area contributed by atoms with Crippen molar-refractivity contribution in [2.45, 2.75) is 52.0 Å². The number of hydrogen-bond acceptors (Lipinski definition) is 5. The van der Waals surface area contributed by atoms with Gasteiger partial charge in [0.1, 0.15) is 5.82 Å². The lowest BCUT2D eigenvalue weighted by molar-refractivity contribution is -0.131.